The van der Waals surface area contributed by atoms with Gasteiger partial charge in [-0.3, -0.25) is 4.68 Å². The first-order chi connectivity index (χ1) is 15.5. The molecule has 0 amide bonds. The van der Waals surface area contributed by atoms with Crippen LogP contribution in [0.2, 0.25) is 0 Å². The smallest absolute Gasteiger partial charge is 0.166 e. The van der Waals surface area contributed by atoms with Crippen molar-refractivity contribution in [3.63, 3.8) is 0 Å². The number of imidazole rings is 1. The Bertz CT molecular complexity index is 1300. The van der Waals surface area contributed by atoms with E-state index in [1.807, 2.05) is 45.5 Å². The Morgan fingerprint density at radius 3 is 2.84 bits per heavy atom. The molecular weight excluding hydrogens is 407 g/mol. The van der Waals surface area contributed by atoms with E-state index in [4.69, 9.17) is 4.74 Å². The van der Waals surface area contributed by atoms with Gasteiger partial charge in [0.25, 0.3) is 0 Å². The summed E-state index contributed by atoms with van der Waals surface area (Å²) in [7, 11) is 3.73. The third-order valence-corrected chi connectivity index (χ3v) is 5.64. The SMILES string of the molecule is CNCCc1cnc2ccc(-c3ccc(F)cc3OCCc3c(C#N)nn(C)c3C)cn12. The third-order valence-electron chi connectivity index (χ3n) is 5.64. The molecule has 32 heavy (non-hydrogen) atoms. The fourth-order valence-electron chi connectivity index (χ4n) is 3.79. The Morgan fingerprint density at radius 1 is 1.22 bits per heavy atom. The molecule has 0 saturated heterocycles. The normalized spacial score (nSPS) is 11.1. The van der Waals surface area contributed by atoms with Crippen LogP contribution >= 0.6 is 0 Å². The van der Waals surface area contributed by atoms with Crippen LogP contribution in [0.25, 0.3) is 16.8 Å². The molecule has 3 aromatic heterocycles. The highest BCUT2D eigenvalue weighted by molar-refractivity contribution is 5.71. The quantitative estimate of drug-likeness (QED) is 0.461. The topological polar surface area (TPSA) is 80.2 Å². The number of benzene rings is 1. The monoisotopic (exact) mass is 432 g/mol. The van der Waals surface area contributed by atoms with Crippen LogP contribution in [0.5, 0.6) is 5.75 Å². The number of nitriles is 1. The van der Waals surface area contributed by atoms with E-state index in [-0.39, 0.29) is 5.82 Å². The zero-order chi connectivity index (χ0) is 22.7. The predicted molar refractivity (Wildman–Crippen MR) is 120 cm³/mol. The number of hydrogen-bond donors (Lipinski definition) is 1. The molecule has 4 rings (SSSR count). The fraction of sp³-hybridized carbons (Fsp3) is 0.292. The maximum atomic E-state index is 14.0. The molecular formula is C24H25FN6O. The highest BCUT2D eigenvalue weighted by atomic mass is 19.1. The predicted octanol–water partition coefficient (Wildman–Crippen LogP) is 3.44. The van der Waals surface area contributed by atoms with Gasteiger partial charge in [-0.05, 0) is 38.2 Å². The van der Waals surface area contributed by atoms with E-state index in [1.54, 1.807) is 10.7 Å². The van der Waals surface area contributed by atoms with Gasteiger partial charge in [0.2, 0.25) is 0 Å². The van der Waals surface area contributed by atoms with E-state index in [2.05, 4.69) is 25.9 Å². The maximum Gasteiger partial charge on any atom is 0.166 e. The molecule has 8 heteroatoms. The number of nitrogens with one attached hydrogen (secondary N) is 1. The summed E-state index contributed by atoms with van der Waals surface area (Å²) in [5, 5.41) is 16.7. The van der Waals surface area contributed by atoms with Crippen molar-refractivity contribution >= 4 is 5.65 Å². The number of halogens is 1. The summed E-state index contributed by atoms with van der Waals surface area (Å²) in [4.78, 5) is 4.46. The highest BCUT2D eigenvalue weighted by Gasteiger charge is 2.14. The number of pyridine rings is 1. The van der Waals surface area contributed by atoms with Gasteiger partial charge in [0.15, 0.2) is 5.69 Å². The summed E-state index contributed by atoms with van der Waals surface area (Å²) in [5.41, 5.74) is 5.83. The number of rotatable bonds is 8. The van der Waals surface area contributed by atoms with E-state index in [1.165, 1.54) is 12.1 Å². The van der Waals surface area contributed by atoms with Crippen LogP contribution < -0.4 is 10.1 Å². The largest absolute Gasteiger partial charge is 0.492 e. The van der Waals surface area contributed by atoms with Crippen molar-refractivity contribution in [3.8, 4) is 22.9 Å². The van der Waals surface area contributed by atoms with Crippen molar-refractivity contribution in [3.05, 3.63) is 71.2 Å². The minimum absolute atomic E-state index is 0.304. The van der Waals surface area contributed by atoms with E-state index in [0.29, 0.717) is 24.5 Å². The molecule has 0 bridgehead atoms. The molecule has 0 aliphatic heterocycles. The van der Waals surface area contributed by atoms with Crippen LogP contribution in [0.15, 0.2) is 42.7 Å². The molecule has 164 valence electrons. The minimum atomic E-state index is -0.363. The fourth-order valence-corrected chi connectivity index (χ4v) is 3.79. The van der Waals surface area contributed by atoms with Gasteiger partial charge in [-0.15, -0.1) is 0 Å². The van der Waals surface area contributed by atoms with Crippen molar-refractivity contribution in [2.75, 3.05) is 20.2 Å². The number of fused-ring (bicyclic) bond motifs is 1. The molecule has 1 aromatic carbocycles. The molecule has 0 aliphatic rings. The number of ether oxygens (including phenoxy) is 1. The van der Waals surface area contributed by atoms with Crippen LogP contribution in [-0.4, -0.2) is 39.4 Å². The van der Waals surface area contributed by atoms with Crippen LogP contribution in [0.1, 0.15) is 22.6 Å². The summed E-state index contributed by atoms with van der Waals surface area (Å²) < 4.78 is 23.8. The van der Waals surface area contributed by atoms with Crippen molar-refractivity contribution in [2.24, 2.45) is 7.05 Å². The molecule has 0 radical (unpaired) electrons. The van der Waals surface area contributed by atoms with Crippen LogP contribution in [-0.2, 0) is 19.9 Å². The lowest BCUT2D eigenvalue weighted by Gasteiger charge is -2.13. The number of aromatic nitrogens is 4. The van der Waals surface area contributed by atoms with Gasteiger partial charge in [0.1, 0.15) is 23.3 Å². The molecule has 0 fully saturated rings. The van der Waals surface area contributed by atoms with Gasteiger partial charge in [0, 0.05) is 73.0 Å². The molecule has 0 aliphatic carbocycles. The van der Waals surface area contributed by atoms with Gasteiger partial charge < -0.3 is 14.5 Å². The summed E-state index contributed by atoms with van der Waals surface area (Å²) in [6, 6.07) is 10.6. The second-order valence-electron chi connectivity index (χ2n) is 7.64. The second kappa shape index (κ2) is 9.20. The minimum Gasteiger partial charge on any atom is -0.492 e. The Kier molecular flexibility index (Phi) is 6.19. The zero-order valence-electron chi connectivity index (χ0n) is 18.4. The molecule has 0 atom stereocenters. The van der Waals surface area contributed by atoms with E-state index >= 15 is 0 Å². The summed E-state index contributed by atoms with van der Waals surface area (Å²) in [5.74, 6) is 0.0960. The zero-order valence-corrected chi connectivity index (χ0v) is 18.4. The van der Waals surface area contributed by atoms with Crippen LogP contribution in [0.4, 0.5) is 4.39 Å². The molecule has 0 saturated carbocycles. The number of hydrogen-bond acceptors (Lipinski definition) is 5. The Balaban J connectivity index is 1.61. The Hall–Kier alpha value is -3.70. The number of nitrogens with zero attached hydrogens (tertiary/aromatic N) is 5. The molecule has 0 unspecified atom stereocenters. The van der Waals surface area contributed by atoms with Gasteiger partial charge in [0.05, 0.1) is 6.61 Å². The van der Waals surface area contributed by atoms with Gasteiger partial charge in [-0.25, -0.2) is 9.37 Å². The number of likely N-dealkylation sites (N-methyl/N-ethyl adjacent to an activating group) is 1. The van der Waals surface area contributed by atoms with Crippen molar-refractivity contribution in [2.45, 2.75) is 19.8 Å². The molecule has 1 N–H and O–H groups in total. The number of aryl methyl sites for hydroxylation is 1. The van der Waals surface area contributed by atoms with Crippen LogP contribution in [0, 0.1) is 24.1 Å². The van der Waals surface area contributed by atoms with E-state index in [0.717, 1.165) is 46.7 Å². The first kappa shape index (κ1) is 21.5. The second-order valence-corrected chi connectivity index (χ2v) is 7.64. The maximum absolute atomic E-state index is 14.0. The van der Waals surface area contributed by atoms with E-state index in [9.17, 15) is 9.65 Å². The van der Waals surface area contributed by atoms with Crippen LogP contribution in [0.3, 0.4) is 0 Å². The highest BCUT2D eigenvalue weighted by Crippen LogP contribution is 2.31. The van der Waals surface area contributed by atoms with Gasteiger partial charge >= 0.3 is 0 Å². The first-order valence-electron chi connectivity index (χ1n) is 10.5. The summed E-state index contributed by atoms with van der Waals surface area (Å²) in [6.45, 7) is 3.07. The standard InChI is InChI=1S/C24H25FN6O/c1-16-20(22(13-26)29-30(16)3)9-11-32-23-12-18(25)5-6-21(23)17-4-7-24-28-14-19(8-10-27-2)31(24)15-17/h4-7,12,14-15,27H,8-11H2,1-3H3. The van der Waals surface area contributed by atoms with Gasteiger partial charge in [-0.2, -0.15) is 10.4 Å². The van der Waals surface area contributed by atoms with E-state index < -0.39 is 0 Å². The average Bonchev–Trinajstić information content (AvgIpc) is 3.32. The first-order valence-corrected chi connectivity index (χ1v) is 10.5. The van der Waals surface area contributed by atoms with Crippen molar-refractivity contribution in [1.82, 2.24) is 24.5 Å². The summed E-state index contributed by atoms with van der Waals surface area (Å²) >= 11 is 0. The lowest BCUT2D eigenvalue weighted by atomic mass is 10.1. The van der Waals surface area contributed by atoms with Crippen molar-refractivity contribution < 1.29 is 9.13 Å². The molecule has 4 aromatic rings. The third kappa shape index (κ3) is 4.20. The molecule has 3 heterocycles. The summed E-state index contributed by atoms with van der Waals surface area (Å²) in [6.07, 6.45) is 5.24. The lowest BCUT2D eigenvalue weighted by molar-refractivity contribution is 0.321. The molecule has 0 spiro atoms. The Labute approximate surface area is 186 Å². The average molecular weight is 433 g/mol. The lowest BCUT2D eigenvalue weighted by Crippen LogP contribution is -2.11. The molecule has 7 nitrogen and oxygen atoms in total. The van der Waals surface area contributed by atoms with Crippen molar-refractivity contribution in [1.29, 1.82) is 5.26 Å². The Morgan fingerprint density at radius 2 is 2.06 bits per heavy atom. The van der Waals surface area contributed by atoms with Gasteiger partial charge in [-0.1, -0.05) is 0 Å².